The van der Waals surface area contributed by atoms with E-state index in [4.69, 9.17) is 0 Å². The van der Waals surface area contributed by atoms with Crippen molar-refractivity contribution in [1.29, 1.82) is 0 Å². The molecule has 1 amide bonds. The van der Waals surface area contributed by atoms with Gasteiger partial charge in [0.15, 0.2) is 0 Å². The Morgan fingerprint density at radius 3 is 2.75 bits per heavy atom. The van der Waals surface area contributed by atoms with Crippen LogP contribution >= 0.6 is 11.3 Å². The fraction of sp³-hybridized carbons (Fsp3) is 0.455. The molecule has 4 nitrogen and oxygen atoms in total. The van der Waals surface area contributed by atoms with Crippen LogP contribution in [0, 0.1) is 5.92 Å². The minimum atomic E-state index is -0.381. The Bertz CT molecular complexity index is 386. The van der Waals surface area contributed by atoms with E-state index >= 15 is 0 Å². The summed E-state index contributed by atoms with van der Waals surface area (Å²) in [6, 6.07) is 3.35. The Labute approximate surface area is 98.6 Å². The van der Waals surface area contributed by atoms with Gasteiger partial charge in [0.25, 0.3) is 0 Å². The average molecular weight is 241 g/mol. The van der Waals surface area contributed by atoms with Crippen LogP contribution in [-0.4, -0.2) is 19.0 Å². The van der Waals surface area contributed by atoms with E-state index < -0.39 is 0 Å². The Balaban J connectivity index is 2.65. The first-order valence-electron chi connectivity index (χ1n) is 5.07. The third-order valence-electron chi connectivity index (χ3n) is 2.30. The van der Waals surface area contributed by atoms with Gasteiger partial charge in [-0.1, -0.05) is 13.8 Å². The summed E-state index contributed by atoms with van der Waals surface area (Å²) >= 11 is 1.22. The highest BCUT2D eigenvalue weighted by Crippen LogP contribution is 2.23. The molecule has 0 aromatic carbocycles. The number of hydrogen-bond donors (Lipinski definition) is 1. The molecule has 16 heavy (non-hydrogen) atoms. The molecule has 0 aliphatic heterocycles. The van der Waals surface area contributed by atoms with Gasteiger partial charge < -0.3 is 10.1 Å². The van der Waals surface area contributed by atoms with Gasteiger partial charge in [-0.05, 0) is 18.6 Å². The maximum atomic E-state index is 11.6. The second-order valence-electron chi connectivity index (χ2n) is 3.45. The van der Waals surface area contributed by atoms with E-state index in [-0.39, 0.29) is 17.8 Å². The van der Waals surface area contributed by atoms with Crippen LogP contribution < -0.4 is 5.32 Å². The van der Waals surface area contributed by atoms with Crippen molar-refractivity contribution in [3.8, 4) is 0 Å². The van der Waals surface area contributed by atoms with E-state index in [9.17, 15) is 9.59 Å². The summed E-state index contributed by atoms with van der Waals surface area (Å²) in [6.45, 7) is 3.82. The van der Waals surface area contributed by atoms with Crippen LogP contribution in [0.4, 0.5) is 5.00 Å². The normalized spacial score (nSPS) is 11.9. The second kappa shape index (κ2) is 5.65. The zero-order valence-corrected chi connectivity index (χ0v) is 10.4. The zero-order valence-electron chi connectivity index (χ0n) is 9.57. The summed E-state index contributed by atoms with van der Waals surface area (Å²) in [4.78, 5) is 23.2. The first kappa shape index (κ1) is 12.7. The van der Waals surface area contributed by atoms with Crippen LogP contribution in [0.15, 0.2) is 12.1 Å². The van der Waals surface area contributed by atoms with Crippen LogP contribution in [0.5, 0.6) is 0 Å². The minimum absolute atomic E-state index is 0.0244. The molecule has 1 aromatic heterocycles. The lowest BCUT2D eigenvalue weighted by molar-refractivity contribution is -0.119. The maximum absolute atomic E-state index is 11.6. The van der Waals surface area contributed by atoms with E-state index in [0.29, 0.717) is 9.88 Å². The summed E-state index contributed by atoms with van der Waals surface area (Å²) in [5, 5.41) is 3.44. The Hall–Kier alpha value is -1.36. The molecule has 1 unspecified atom stereocenters. The van der Waals surface area contributed by atoms with Crippen LogP contribution in [0.25, 0.3) is 0 Å². The number of nitrogens with one attached hydrogen (secondary N) is 1. The van der Waals surface area contributed by atoms with Gasteiger partial charge in [0, 0.05) is 5.92 Å². The zero-order chi connectivity index (χ0) is 12.1. The van der Waals surface area contributed by atoms with Crippen molar-refractivity contribution in [2.75, 3.05) is 12.4 Å². The van der Waals surface area contributed by atoms with E-state index in [1.807, 2.05) is 13.8 Å². The number of rotatable bonds is 4. The lowest BCUT2D eigenvalue weighted by Gasteiger charge is -2.07. The number of carbonyl (C=O) groups excluding carboxylic acids is 2. The number of hydrogen-bond acceptors (Lipinski definition) is 4. The monoisotopic (exact) mass is 241 g/mol. The first-order valence-corrected chi connectivity index (χ1v) is 5.89. The van der Waals surface area contributed by atoms with E-state index in [2.05, 4.69) is 10.1 Å². The minimum Gasteiger partial charge on any atom is -0.465 e. The summed E-state index contributed by atoms with van der Waals surface area (Å²) in [5.74, 6) is -0.432. The summed E-state index contributed by atoms with van der Waals surface area (Å²) in [7, 11) is 1.33. The number of methoxy groups -OCH3 is 1. The molecule has 0 spiro atoms. The second-order valence-corrected chi connectivity index (χ2v) is 4.54. The smallest absolute Gasteiger partial charge is 0.348 e. The van der Waals surface area contributed by atoms with Crippen molar-refractivity contribution in [2.24, 2.45) is 5.92 Å². The Morgan fingerprint density at radius 2 is 2.19 bits per heavy atom. The van der Waals surface area contributed by atoms with Crippen molar-refractivity contribution in [2.45, 2.75) is 20.3 Å². The largest absolute Gasteiger partial charge is 0.465 e. The first-order chi connectivity index (χ1) is 7.58. The van der Waals surface area contributed by atoms with Gasteiger partial charge >= 0.3 is 5.97 Å². The third-order valence-corrected chi connectivity index (χ3v) is 3.28. The molecule has 5 heteroatoms. The molecule has 1 aromatic rings. The molecule has 0 radical (unpaired) electrons. The van der Waals surface area contributed by atoms with Gasteiger partial charge in [0.2, 0.25) is 5.91 Å². The molecule has 1 rings (SSSR count). The van der Waals surface area contributed by atoms with Gasteiger partial charge in [0.1, 0.15) is 4.88 Å². The number of esters is 1. The van der Waals surface area contributed by atoms with Gasteiger partial charge in [-0.3, -0.25) is 4.79 Å². The summed E-state index contributed by atoms with van der Waals surface area (Å²) in [6.07, 6.45) is 0.793. The van der Waals surface area contributed by atoms with Crippen molar-refractivity contribution in [1.82, 2.24) is 0 Å². The standard InChI is InChI=1S/C11H15NO3S/c1-4-7(2)10(13)12-9-6-5-8(16-9)11(14)15-3/h5-7H,4H2,1-3H3,(H,12,13). The predicted octanol–water partition coefficient (Wildman–Crippen LogP) is 2.52. The van der Waals surface area contributed by atoms with Crippen LogP contribution in [0.1, 0.15) is 29.9 Å². The molecule has 0 saturated carbocycles. The van der Waals surface area contributed by atoms with Gasteiger partial charge in [0.05, 0.1) is 12.1 Å². The van der Waals surface area contributed by atoms with Crippen molar-refractivity contribution in [3.05, 3.63) is 17.0 Å². The van der Waals surface area contributed by atoms with Crippen molar-refractivity contribution in [3.63, 3.8) is 0 Å². The molecular weight excluding hydrogens is 226 g/mol. The lowest BCUT2D eigenvalue weighted by atomic mass is 10.1. The van der Waals surface area contributed by atoms with E-state index in [1.165, 1.54) is 18.4 Å². The molecule has 0 fully saturated rings. The van der Waals surface area contributed by atoms with Crippen LogP contribution in [0.3, 0.4) is 0 Å². The molecule has 0 aliphatic rings. The molecule has 88 valence electrons. The third kappa shape index (κ3) is 3.06. The van der Waals surface area contributed by atoms with E-state index in [0.717, 1.165) is 6.42 Å². The number of carbonyl (C=O) groups is 2. The number of ether oxygens (including phenoxy) is 1. The quantitative estimate of drug-likeness (QED) is 0.824. The van der Waals surface area contributed by atoms with Gasteiger partial charge in [-0.2, -0.15) is 0 Å². The highest BCUT2D eigenvalue weighted by Gasteiger charge is 2.13. The highest BCUT2D eigenvalue weighted by molar-refractivity contribution is 7.18. The molecule has 1 atom stereocenters. The van der Waals surface area contributed by atoms with Crippen molar-refractivity contribution < 1.29 is 14.3 Å². The number of thiophene rings is 1. The Kier molecular flexibility index (Phi) is 4.49. The predicted molar refractivity (Wildman–Crippen MR) is 63.7 cm³/mol. The molecule has 0 aliphatic carbocycles. The fourth-order valence-electron chi connectivity index (χ4n) is 1.05. The molecule has 0 bridgehead atoms. The van der Waals surface area contributed by atoms with Crippen LogP contribution in [0.2, 0.25) is 0 Å². The SMILES string of the molecule is CCC(C)C(=O)Nc1ccc(C(=O)OC)s1. The van der Waals surface area contributed by atoms with E-state index in [1.54, 1.807) is 12.1 Å². The molecule has 0 saturated heterocycles. The van der Waals surface area contributed by atoms with Gasteiger partial charge in [-0.15, -0.1) is 11.3 Å². The van der Waals surface area contributed by atoms with Crippen LogP contribution in [-0.2, 0) is 9.53 Å². The highest BCUT2D eigenvalue weighted by atomic mass is 32.1. The van der Waals surface area contributed by atoms with Crippen molar-refractivity contribution >= 4 is 28.2 Å². The number of amides is 1. The summed E-state index contributed by atoms with van der Waals surface area (Å²) in [5.41, 5.74) is 0. The topological polar surface area (TPSA) is 55.4 Å². The molecule has 1 heterocycles. The average Bonchev–Trinajstić information content (AvgIpc) is 2.75. The molecule has 1 N–H and O–H groups in total. The van der Waals surface area contributed by atoms with Gasteiger partial charge in [-0.25, -0.2) is 4.79 Å². The lowest BCUT2D eigenvalue weighted by Crippen LogP contribution is -2.18. The number of anilines is 1. The Morgan fingerprint density at radius 1 is 1.50 bits per heavy atom. The molecular formula is C11H15NO3S. The fourth-order valence-corrected chi connectivity index (χ4v) is 1.87. The summed E-state index contributed by atoms with van der Waals surface area (Å²) < 4.78 is 4.58. The maximum Gasteiger partial charge on any atom is 0.348 e.